The average molecular weight is 635 g/mol. The molecule has 0 nitrogen and oxygen atoms in total. The third kappa shape index (κ3) is 4.60. The molecule has 2 unspecified atom stereocenters. The third-order valence-electron chi connectivity index (χ3n) is 10.9. The molecule has 0 aliphatic heterocycles. The lowest BCUT2D eigenvalue weighted by atomic mass is 9.70. The summed E-state index contributed by atoms with van der Waals surface area (Å²) in [6.45, 7) is 0. The Morgan fingerprint density at radius 2 is 0.800 bits per heavy atom. The summed E-state index contributed by atoms with van der Waals surface area (Å²) < 4.78 is 0. The largest absolute Gasteiger partial charge is 0.0760 e. The molecule has 0 saturated heterocycles. The van der Waals surface area contributed by atoms with Gasteiger partial charge in [-0.1, -0.05) is 188 Å². The Morgan fingerprint density at radius 3 is 1.54 bits per heavy atom. The van der Waals surface area contributed by atoms with Gasteiger partial charge in [0.15, 0.2) is 0 Å². The fourth-order valence-electron chi connectivity index (χ4n) is 8.60. The molecule has 2 aliphatic rings. The molecule has 0 N–H and O–H groups in total. The van der Waals surface area contributed by atoms with Crippen molar-refractivity contribution < 1.29 is 0 Å². The van der Waals surface area contributed by atoms with Crippen LogP contribution in [0.5, 0.6) is 0 Å². The van der Waals surface area contributed by atoms with Crippen molar-refractivity contribution in [1.29, 1.82) is 0 Å². The summed E-state index contributed by atoms with van der Waals surface area (Å²) in [6.07, 6.45) is 9.27. The first-order valence-electron chi connectivity index (χ1n) is 17.6. The second-order valence-corrected chi connectivity index (χ2v) is 13.6. The molecular formula is C50H34. The smallest absolute Gasteiger partial charge is 0.0137 e. The van der Waals surface area contributed by atoms with Crippen molar-refractivity contribution in [2.75, 3.05) is 0 Å². The van der Waals surface area contributed by atoms with Gasteiger partial charge in [-0.05, 0) is 93.3 Å². The van der Waals surface area contributed by atoms with Gasteiger partial charge in [0.1, 0.15) is 0 Å². The van der Waals surface area contributed by atoms with Crippen molar-refractivity contribution in [1.82, 2.24) is 0 Å². The minimum atomic E-state index is 0.253. The summed E-state index contributed by atoms with van der Waals surface area (Å²) in [7, 11) is 0. The summed E-state index contributed by atoms with van der Waals surface area (Å²) >= 11 is 0. The lowest BCUT2D eigenvalue weighted by Crippen LogP contribution is -2.40. The summed E-state index contributed by atoms with van der Waals surface area (Å²) in [5, 5.41) is 10.3. The van der Waals surface area contributed by atoms with Gasteiger partial charge in [-0.3, -0.25) is 0 Å². The van der Waals surface area contributed by atoms with Crippen LogP contribution in [0.15, 0.2) is 194 Å². The number of allylic oxidation sites excluding steroid dienone is 4. The van der Waals surface area contributed by atoms with Crippen LogP contribution in [0.4, 0.5) is 0 Å². The minimum absolute atomic E-state index is 0.253. The molecule has 234 valence electrons. The van der Waals surface area contributed by atoms with Gasteiger partial charge in [0, 0.05) is 11.8 Å². The normalized spacial score (nSPS) is 16.6. The van der Waals surface area contributed by atoms with Gasteiger partial charge < -0.3 is 0 Å². The maximum Gasteiger partial charge on any atom is 0.0137 e. The first-order valence-corrected chi connectivity index (χ1v) is 17.6. The summed E-state index contributed by atoms with van der Waals surface area (Å²) in [5.74, 6) is 0.513. The van der Waals surface area contributed by atoms with E-state index in [1.165, 1.54) is 87.3 Å². The zero-order valence-corrected chi connectivity index (χ0v) is 27.6. The van der Waals surface area contributed by atoms with Crippen molar-refractivity contribution in [3.05, 3.63) is 216 Å². The molecule has 0 radical (unpaired) electrons. The molecule has 8 aromatic rings. The summed E-state index contributed by atoms with van der Waals surface area (Å²) in [4.78, 5) is 0. The number of hydrogen-bond donors (Lipinski definition) is 0. The van der Waals surface area contributed by atoms with Crippen molar-refractivity contribution in [3.63, 3.8) is 0 Å². The van der Waals surface area contributed by atoms with E-state index in [0.29, 0.717) is 0 Å². The topological polar surface area (TPSA) is 0 Å². The van der Waals surface area contributed by atoms with Gasteiger partial charge in [0.05, 0.1) is 0 Å². The van der Waals surface area contributed by atoms with Crippen molar-refractivity contribution >= 4 is 43.5 Å². The number of benzene rings is 8. The van der Waals surface area contributed by atoms with Gasteiger partial charge in [-0.2, -0.15) is 0 Å². The molecule has 0 heteroatoms. The molecule has 8 aromatic carbocycles. The molecule has 2 atom stereocenters. The molecular weight excluding hydrogens is 601 g/mol. The van der Waals surface area contributed by atoms with Crippen molar-refractivity contribution in [2.24, 2.45) is 11.8 Å². The minimum Gasteiger partial charge on any atom is -0.0760 e. The standard InChI is InChI=1S/C50H34/c1-2-14-37-32-38(29-24-33(37)12-1)50-47-21-9-7-19-45(47)49(46-20-8-10-22-48(46)50)36-27-25-35(26-28-36)40-30-31-44(43-18-6-5-17-41(40)43)42-23-11-15-34-13-3-4-16-39(34)42/h1-32,45,47H. The zero-order valence-electron chi connectivity index (χ0n) is 27.6. The van der Waals surface area contributed by atoms with Crippen LogP contribution in [-0.4, -0.2) is 0 Å². The third-order valence-corrected chi connectivity index (χ3v) is 10.9. The van der Waals surface area contributed by atoms with Crippen molar-refractivity contribution in [2.45, 2.75) is 0 Å². The maximum absolute atomic E-state index is 2.41. The lowest BCUT2D eigenvalue weighted by Gasteiger charge is -2.33. The molecule has 0 spiro atoms. The van der Waals surface area contributed by atoms with E-state index in [4.69, 9.17) is 0 Å². The van der Waals surface area contributed by atoms with E-state index < -0.39 is 0 Å². The van der Waals surface area contributed by atoms with E-state index in [-0.39, 0.29) is 11.8 Å². The van der Waals surface area contributed by atoms with Gasteiger partial charge in [-0.25, -0.2) is 0 Å². The van der Waals surface area contributed by atoms with Crippen LogP contribution < -0.4 is 10.4 Å². The quantitative estimate of drug-likeness (QED) is 0.181. The highest BCUT2D eigenvalue weighted by atomic mass is 14.3. The molecule has 0 saturated carbocycles. The molecule has 0 amide bonds. The van der Waals surface area contributed by atoms with Crippen LogP contribution in [0, 0.1) is 11.8 Å². The highest BCUT2D eigenvalue weighted by molar-refractivity contribution is 6.09. The van der Waals surface area contributed by atoms with E-state index in [9.17, 15) is 0 Å². The molecule has 0 aromatic heterocycles. The SMILES string of the molecule is C1=CC2C(c3ccc(-c4ccc(-c5cccc6ccccc56)c5ccccc45)cc3)=c3ccccc3=C(c3ccc4ccccc4c3)C2C=C1. The fraction of sp³-hybridized carbons (Fsp3) is 0.0400. The van der Waals surface area contributed by atoms with Crippen LogP contribution in [-0.2, 0) is 0 Å². The second-order valence-electron chi connectivity index (χ2n) is 13.6. The molecule has 0 heterocycles. The number of rotatable bonds is 4. The van der Waals surface area contributed by atoms with Crippen LogP contribution in [0.25, 0.3) is 65.7 Å². The van der Waals surface area contributed by atoms with Gasteiger partial charge in [0.2, 0.25) is 0 Å². The molecule has 10 rings (SSSR count). The van der Waals surface area contributed by atoms with Crippen LogP contribution >= 0.6 is 0 Å². The van der Waals surface area contributed by atoms with E-state index in [2.05, 4.69) is 194 Å². The zero-order chi connectivity index (χ0) is 33.0. The van der Waals surface area contributed by atoms with Crippen LogP contribution in [0.3, 0.4) is 0 Å². The highest BCUT2D eigenvalue weighted by Gasteiger charge is 2.31. The van der Waals surface area contributed by atoms with Crippen molar-refractivity contribution in [3.8, 4) is 22.3 Å². The first-order chi connectivity index (χ1) is 24.8. The Morgan fingerprint density at radius 1 is 0.300 bits per heavy atom. The number of fused-ring (bicyclic) bond motifs is 5. The Bertz CT molecular complexity index is 2810. The van der Waals surface area contributed by atoms with Crippen LogP contribution in [0.1, 0.15) is 11.1 Å². The predicted molar refractivity (Wildman–Crippen MR) is 212 cm³/mol. The Balaban J connectivity index is 1.12. The molecule has 0 bridgehead atoms. The van der Waals surface area contributed by atoms with E-state index in [1.54, 1.807) is 0 Å². The molecule has 50 heavy (non-hydrogen) atoms. The van der Waals surface area contributed by atoms with E-state index in [1.807, 2.05) is 0 Å². The van der Waals surface area contributed by atoms with Gasteiger partial charge >= 0.3 is 0 Å². The van der Waals surface area contributed by atoms with Crippen LogP contribution in [0.2, 0.25) is 0 Å². The summed E-state index contributed by atoms with van der Waals surface area (Å²) in [5.41, 5.74) is 10.4. The Labute approximate surface area is 292 Å². The molecule has 0 fully saturated rings. The Hall–Kier alpha value is -6.24. The number of hydrogen-bond acceptors (Lipinski definition) is 0. The molecule has 2 aliphatic carbocycles. The maximum atomic E-state index is 2.41. The first kappa shape index (κ1) is 28.7. The average Bonchev–Trinajstić information content (AvgIpc) is 3.19. The van der Waals surface area contributed by atoms with Gasteiger partial charge in [0.25, 0.3) is 0 Å². The predicted octanol–water partition coefficient (Wildman–Crippen LogP) is 11.3. The Kier molecular flexibility index (Phi) is 6.74. The summed E-state index contributed by atoms with van der Waals surface area (Å²) in [6, 6.07) is 62.8. The lowest BCUT2D eigenvalue weighted by molar-refractivity contribution is 0.686. The second kappa shape index (κ2) is 11.7. The fourth-order valence-corrected chi connectivity index (χ4v) is 8.60. The van der Waals surface area contributed by atoms with E-state index >= 15 is 0 Å². The van der Waals surface area contributed by atoms with Gasteiger partial charge in [-0.15, -0.1) is 0 Å². The van der Waals surface area contributed by atoms with E-state index in [0.717, 1.165) is 0 Å². The highest BCUT2D eigenvalue weighted by Crippen LogP contribution is 2.42. The monoisotopic (exact) mass is 634 g/mol.